The molecule has 212 valence electrons. The first-order valence-corrected chi connectivity index (χ1v) is 12.3. The van der Waals surface area contributed by atoms with E-state index in [2.05, 4.69) is 21.3 Å². The highest BCUT2D eigenvalue weighted by atomic mass is 19.1. The van der Waals surface area contributed by atoms with Gasteiger partial charge in [0, 0.05) is 19.2 Å². The maximum atomic E-state index is 13.3. The van der Waals surface area contributed by atoms with Gasteiger partial charge in [-0.1, -0.05) is 30.3 Å². The third-order valence-corrected chi connectivity index (χ3v) is 4.89. The molecule has 0 aromatic heterocycles. The van der Waals surface area contributed by atoms with Crippen LogP contribution in [0.1, 0.15) is 37.9 Å². The molecule has 12 heteroatoms. The number of amides is 4. The lowest BCUT2D eigenvalue weighted by molar-refractivity contribution is -0.130. The van der Waals surface area contributed by atoms with Crippen molar-refractivity contribution in [2.45, 2.75) is 38.8 Å². The molecule has 0 radical (unpaired) electrons. The lowest BCUT2D eigenvalue weighted by Crippen LogP contribution is -2.45. The molecule has 0 saturated heterocycles. The monoisotopic (exact) mass is 548 g/mol. The van der Waals surface area contributed by atoms with Crippen molar-refractivity contribution >= 4 is 23.8 Å². The Morgan fingerprint density at radius 2 is 1.46 bits per heavy atom. The number of benzene rings is 2. The van der Waals surface area contributed by atoms with Gasteiger partial charge in [0.2, 0.25) is 17.7 Å². The molecule has 0 aliphatic heterocycles. The summed E-state index contributed by atoms with van der Waals surface area (Å²) < 4.78 is 37.1. The molecule has 2 aromatic carbocycles. The highest BCUT2D eigenvalue weighted by molar-refractivity contribution is 5.91. The highest BCUT2D eigenvalue weighted by Gasteiger charge is 2.22. The van der Waals surface area contributed by atoms with E-state index in [1.54, 1.807) is 51.1 Å². The van der Waals surface area contributed by atoms with E-state index in [4.69, 9.17) is 9.47 Å². The summed E-state index contributed by atoms with van der Waals surface area (Å²) >= 11 is 0. The van der Waals surface area contributed by atoms with Crippen molar-refractivity contribution in [2.75, 3.05) is 32.8 Å². The van der Waals surface area contributed by atoms with E-state index in [1.807, 2.05) is 0 Å². The summed E-state index contributed by atoms with van der Waals surface area (Å²) in [4.78, 5) is 49.0. The average Bonchev–Trinajstić information content (AvgIpc) is 2.84. The van der Waals surface area contributed by atoms with Gasteiger partial charge in [0.1, 0.15) is 23.3 Å². The molecule has 2 rings (SSSR count). The molecule has 39 heavy (non-hydrogen) atoms. The Bertz CT molecular complexity index is 1100. The Hall–Kier alpha value is -4.06. The number of halogens is 2. The van der Waals surface area contributed by atoms with Gasteiger partial charge in [0.25, 0.3) is 0 Å². The number of nitrogens with one attached hydrogen (secondary N) is 4. The fourth-order valence-electron chi connectivity index (χ4n) is 3.29. The molecule has 4 N–H and O–H groups in total. The van der Waals surface area contributed by atoms with Crippen LogP contribution in [-0.4, -0.2) is 62.3 Å². The van der Waals surface area contributed by atoms with Crippen molar-refractivity contribution in [1.29, 1.82) is 0 Å². The van der Waals surface area contributed by atoms with Gasteiger partial charge in [0.05, 0.1) is 26.2 Å². The summed E-state index contributed by atoms with van der Waals surface area (Å²) in [5, 5.41) is 10.2. The van der Waals surface area contributed by atoms with Gasteiger partial charge in [-0.25, -0.2) is 13.6 Å². The third kappa shape index (κ3) is 12.8. The van der Waals surface area contributed by atoms with E-state index in [1.165, 1.54) is 0 Å². The summed E-state index contributed by atoms with van der Waals surface area (Å²) in [6.07, 6.45) is -0.877. The quantitative estimate of drug-likeness (QED) is 0.284. The Morgan fingerprint density at radius 3 is 2.08 bits per heavy atom. The maximum absolute atomic E-state index is 13.3. The Morgan fingerprint density at radius 1 is 0.846 bits per heavy atom. The van der Waals surface area contributed by atoms with Crippen LogP contribution < -0.4 is 21.3 Å². The second-order valence-corrected chi connectivity index (χ2v) is 9.47. The van der Waals surface area contributed by atoms with Crippen LogP contribution in [0.25, 0.3) is 0 Å². The maximum Gasteiger partial charge on any atom is 0.407 e. The zero-order chi connectivity index (χ0) is 28.8. The number of carbonyl (C=O) groups is 4. The smallest absolute Gasteiger partial charge is 0.407 e. The molecule has 0 saturated carbocycles. The van der Waals surface area contributed by atoms with E-state index in [0.717, 1.165) is 12.1 Å². The molecule has 1 unspecified atom stereocenters. The van der Waals surface area contributed by atoms with E-state index in [-0.39, 0.29) is 38.3 Å². The second kappa shape index (κ2) is 15.4. The third-order valence-electron chi connectivity index (χ3n) is 4.89. The van der Waals surface area contributed by atoms with E-state index in [9.17, 15) is 28.0 Å². The molecule has 1 atom stereocenters. The minimum atomic E-state index is -1.04. The van der Waals surface area contributed by atoms with Crippen LogP contribution in [-0.2, 0) is 30.3 Å². The standard InChI is InChI=1S/C27H34F2N4O6/c1-27(2,3)39-26(37)31-10-12-38-11-9-30-25(36)24(19-7-5-4-6-8-19)33-23(35)17-32-22(34)15-18-13-20(28)16-21(29)14-18/h4-8,13-14,16,24H,9-12,15,17H2,1-3H3,(H,30,36)(H,31,37)(H,32,34)(H,33,35). The summed E-state index contributed by atoms with van der Waals surface area (Å²) in [5.74, 6) is -3.37. The van der Waals surface area contributed by atoms with E-state index in [0.29, 0.717) is 11.6 Å². The largest absolute Gasteiger partial charge is 0.444 e. The number of alkyl carbamates (subject to hydrolysis) is 1. The van der Waals surface area contributed by atoms with Crippen molar-refractivity contribution in [3.05, 3.63) is 71.3 Å². The molecule has 0 aliphatic rings. The Kier molecular flexibility index (Phi) is 12.3. The second-order valence-electron chi connectivity index (χ2n) is 9.47. The summed E-state index contributed by atoms with van der Waals surface area (Å²) in [5.41, 5.74) is 0.0388. The molecule has 0 heterocycles. The predicted molar refractivity (Wildman–Crippen MR) is 138 cm³/mol. The fourth-order valence-corrected chi connectivity index (χ4v) is 3.29. The van der Waals surface area contributed by atoms with Gasteiger partial charge in [-0.3, -0.25) is 14.4 Å². The Balaban J connectivity index is 1.78. The summed E-state index contributed by atoms with van der Waals surface area (Å²) in [7, 11) is 0. The van der Waals surface area contributed by atoms with Crippen LogP contribution in [0.4, 0.5) is 13.6 Å². The van der Waals surface area contributed by atoms with E-state index >= 15 is 0 Å². The first-order chi connectivity index (χ1) is 18.4. The minimum Gasteiger partial charge on any atom is -0.444 e. The van der Waals surface area contributed by atoms with Crippen LogP contribution in [0.5, 0.6) is 0 Å². The van der Waals surface area contributed by atoms with Crippen LogP contribution in [0.15, 0.2) is 48.5 Å². The van der Waals surface area contributed by atoms with Crippen molar-refractivity contribution in [3.63, 3.8) is 0 Å². The molecule has 0 bridgehead atoms. The molecular weight excluding hydrogens is 514 g/mol. The van der Waals surface area contributed by atoms with Crippen LogP contribution in [0.2, 0.25) is 0 Å². The summed E-state index contributed by atoms with van der Waals surface area (Å²) in [6.45, 7) is 5.56. The minimum absolute atomic E-state index is 0.120. The molecular formula is C27H34F2N4O6. The zero-order valence-electron chi connectivity index (χ0n) is 22.1. The van der Waals surface area contributed by atoms with Gasteiger partial charge in [-0.15, -0.1) is 0 Å². The molecule has 0 aliphatic carbocycles. The van der Waals surface area contributed by atoms with Gasteiger partial charge in [0.15, 0.2) is 0 Å². The topological polar surface area (TPSA) is 135 Å². The lowest BCUT2D eigenvalue weighted by Gasteiger charge is -2.20. The molecule has 0 spiro atoms. The van der Waals surface area contributed by atoms with Gasteiger partial charge in [-0.05, 0) is 44.0 Å². The van der Waals surface area contributed by atoms with E-state index < -0.39 is 53.6 Å². The zero-order valence-corrected chi connectivity index (χ0v) is 22.1. The number of carbonyl (C=O) groups excluding carboxylic acids is 4. The van der Waals surface area contributed by atoms with Crippen LogP contribution in [0, 0.1) is 11.6 Å². The molecule has 4 amide bonds. The normalized spacial score (nSPS) is 11.7. The molecule has 10 nitrogen and oxygen atoms in total. The van der Waals surface area contributed by atoms with Crippen molar-refractivity contribution in [3.8, 4) is 0 Å². The first-order valence-electron chi connectivity index (χ1n) is 12.3. The van der Waals surface area contributed by atoms with Crippen molar-refractivity contribution in [2.24, 2.45) is 0 Å². The highest BCUT2D eigenvalue weighted by Crippen LogP contribution is 2.13. The van der Waals surface area contributed by atoms with Crippen molar-refractivity contribution in [1.82, 2.24) is 21.3 Å². The van der Waals surface area contributed by atoms with Crippen LogP contribution in [0.3, 0.4) is 0 Å². The number of rotatable bonds is 13. The average molecular weight is 549 g/mol. The van der Waals surface area contributed by atoms with Crippen LogP contribution >= 0.6 is 0 Å². The molecule has 0 fully saturated rings. The number of hydrogen-bond acceptors (Lipinski definition) is 6. The van der Waals surface area contributed by atoms with Gasteiger partial charge < -0.3 is 30.7 Å². The first kappa shape index (κ1) is 31.2. The lowest BCUT2D eigenvalue weighted by atomic mass is 10.1. The fraction of sp³-hybridized carbons (Fsp3) is 0.407. The number of ether oxygens (including phenoxy) is 2. The van der Waals surface area contributed by atoms with Crippen molar-refractivity contribution < 1.29 is 37.4 Å². The SMILES string of the molecule is CC(C)(C)OC(=O)NCCOCCNC(=O)C(NC(=O)CNC(=O)Cc1cc(F)cc(F)c1)c1ccccc1. The van der Waals surface area contributed by atoms with Gasteiger partial charge in [-0.2, -0.15) is 0 Å². The molecule has 2 aromatic rings. The Labute approximate surface area is 225 Å². The predicted octanol–water partition coefficient (Wildman–Crippen LogP) is 2.14. The van der Waals surface area contributed by atoms with Gasteiger partial charge >= 0.3 is 6.09 Å². The summed E-state index contributed by atoms with van der Waals surface area (Å²) in [6, 6.07) is 10.2. The number of hydrogen-bond donors (Lipinski definition) is 4.